The minimum atomic E-state index is -1.20. The van der Waals surface area contributed by atoms with Gasteiger partial charge in [0.2, 0.25) is 0 Å². The van der Waals surface area contributed by atoms with Crippen molar-refractivity contribution in [3.8, 4) is 11.5 Å². The van der Waals surface area contributed by atoms with E-state index >= 15 is 0 Å². The Morgan fingerprint density at radius 1 is 1.14 bits per heavy atom. The topological polar surface area (TPSA) is 97.8 Å². The first-order chi connectivity index (χ1) is 14.0. The largest absolute Gasteiger partial charge is 0.490 e. The van der Waals surface area contributed by atoms with Crippen molar-refractivity contribution in [1.29, 1.82) is 0 Å². The Morgan fingerprint density at radius 3 is 2.59 bits per heavy atom. The second-order valence-electron chi connectivity index (χ2n) is 7.15. The molecule has 0 atom stereocenters. The number of hydrogen-bond acceptors (Lipinski definition) is 5. The molecule has 0 aliphatic heterocycles. The molecule has 2 N–H and O–H groups in total. The first kappa shape index (κ1) is 20.6. The van der Waals surface area contributed by atoms with Gasteiger partial charge in [0.15, 0.2) is 11.5 Å². The zero-order valence-corrected chi connectivity index (χ0v) is 16.5. The first-order valence-electron chi connectivity index (χ1n) is 9.88. The summed E-state index contributed by atoms with van der Waals surface area (Å²) in [5, 5.41) is 12.4. The zero-order chi connectivity index (χ0) is 20.7. The van der Waals surface area contributed by atoms with Crippen LogP contribution in [0.5, 0.6) is 11.5 Å². The molecule has 7 nitrogen and oxygen atoms in total. The Hall–Kier alpha value is -3.09. The standard InChI is InChI=1S/C22H26N2O5/c1-2-28-19-13-17(8-9-18(19)29-15-16-7-6-12-23-14-16)20(25)24-22(21(26)27)10-4-3-5-11-22/h6-9,12-14H,2-5,10-11,15H2,1H3,(H,24,25)(H,26,27). The third-order valence-corrected chi connectivity index (χ3v) is 5.09. The summed E-state index contributed by atoms with van der Waals surface area (Å²) in [5.74, 6) is -0.448. The van der Waals surface area contributed by atoms with Crippen LogP contribution in [0.4, 0.5) is 0 Å². The molecule has 1 aliphatic carbocycles. The van der Waals surface area contributed by atoms with E-state index in [1.165, 1.54) is 0 Å². The van der Waals surface area contributed by atoms with Crippen LogP contribution in [0.15, 0.2) is 42.7 Å². The highest BCUT2D eigenvalue weighted by molar-refractivity contribution is 5.98. The lowest BCUT2D eigenvalue weighted by Gasteiger charge is -2.34. The van der Waals surface area contributed by atoms with Crippen LogP contribution in [0.25, 0.3) is 0 Å². The number of aromatic nitrogens is 1. The van der Waals surface area contributed by atoms with Crippen LogP contribution in [0, 0.1) is 0 Å². The molecule has 0 spiro atoms. The van der Waals surface area contributed by atoms with Gasteiger partial charge in [-0.25, -0.2) is 4.79 Å². The first-order valence-corrected chi connectivity index (χ1v) is 9.88. The van der Waals surface area contributed by atoms with Crippen molar-refractivity contribution in [2.75, 3.05) is 6.61 Å². The molecule has 0 bridgehead atoms. The summed E-state index contributed by atoms with van der Waals surface area (Å²) in [6, 6.07) is 8.62. The molecule has 0 unspecified atom stereocenters. The number of carbonyl (C=O) groups excluding carboxylic acids is 1. The monoisotopic (exact) mass is 398 g/mol. The van der Waals surface area contributed by atoms with E-state index in [0.29, 0.717) is 43.1 Å². The predicted octanol–water partition coefficient (Wildman–Crippen LogP) is 3.58. The predicted molar refractivity (Wildman–Crippen MR) is 107 cm³/mol. The second kappa shape index (κ2) is 9.41. The van der Waals surface area contributed by atoms with Gasteiger partial charge in [-0.05, 0) is 44.0 Å². The molecule has 1 saturated carbocycles. The highest BCUT2D eigenvalue weighted by atomic mass is 16.5. The molecule has 7 heteroatoms. The molecule has 154 valence electrons. The summed E-state index contributed by atoms with van der Waals surface area (Å²) in [7, 11) is 0. The fraction of sp³-hybridized carbons (Fsp3) is 0.409. The van der Waals surface area contributed by atoms with Crippen LogP contribution in [0.3, 0.4) is 0 Å². The average Bonchev–Trinajstić information content (AvgIpc) is 2.74. The van der Waals surface area contributed by atoms with Gasteiger partial charge in [-0.2, -0.15) is 0 Å². The van der Waals surface area contributed by atoms with Crippen LogP contribution in [0.2, 0.25) is 0 Å². The number of amides is 1. The van der Waals surface area contributed by atoms with Crippen molar-refractivity contribution in [2.24, 2.45) is 0 Å². The lowest BCUT2D eigenvalue weighted by molar-refractivity contribution is -0.145. The van der Waals surface area contributed by atoms with Crippen LogP contribution in [-0.4, -0.2) is 34.1 Å². The summed E-state index contributed by atoms with van der Waals surface area (Å²) in [4.78, 5) is 28.7. The van der Waals surface area contributed by atoms with Crippen molar-refractivity contribution >= 4 is 11.9 Å². The van der Waals surface area contributed by atoms with Gasteiger partial charge in [0.05, 0.1) is 6.61 Å². The fourth-order valence-electron chi connectivity index (χ4n) is 3.52. The molecule has 1 amide bonds. The number of nitrogens with zero attached hydrogens (tertiary/aromatic N) is 1. The Kier molecular flexibility index (Phi) is 6.69. The third-order valence-electron chi connectivity index (χ3n) is 5.09. The quantitative estimate of drug-likeness (QED) is 0.705. The molecule has 1 heterocycles. The maximum absolute atomic E-state index is 12.8. The Labute approximate surface area is 170 Å². The van der Waals surface area contributed by atoms with Crippen molar-refractivity contribution in [2.45, 2.75) is 51.2 Å². The Bertz CT molecular complexity index is 848. The number of rotatable bonds is 8. The van der Waals surface area contributed by atoms with Gasteiger partial charge in [0.25, 0.3) is 5.91 Å². The molecule has 1 aliphatic rings. The van der Waals surface area contributed by atoms with Gasteiger partial charge in [-0.1, -0.05) is 25.3 Å². The molecule has 29 heavy (non-hydrogen) atoms. The number of carboxylic acid groups (broad SMARTS) is 1. The SMILES string of the molecule is CCOc1cc(C(=O)NC2(C(=O)O)CCCCC2)ccc1OCc1cccnc1. The molecule has 0 saturated heterocycles. The van der Waals surface area contributed by atoms with E-state index in [0.717, 1.165) is 24.8 Å². The summed E-state index contributed by atoms with van der Waals surface area (Å²) in [6.07, 6.45) is 6.87. The molecule has 1 fully saturated rings. The van der Waals surface area contributed by atoms with Gasteiger partial charge in [-0.3, -0.25) is 9.78 Å². The number of aliphatic carboxylic acids is 1. The fourth-order valence-corrected chi connectivity index (χ4v) is 3.52. The van der Waals surface area contributed by atoms with Gasteiger partial charge in [0.1, 0.15) is 12.1 Å². The number of carboxylic acids is 1. The van der Waals surface area contributed by atoms with E-state index in [4.69, 9.17) is 9.47 Å². The molecular weight excluding hydrogens is 372 g/mol. The maximum atomic E-state index is 12.8. The van der Waals surface area contributed by atoms with Crippen LogP contribution in [0.1, 0.15) is 54.9 Å². The summed E-state index contributed by atoms with van der Waals surface area (Å²) >= 11 is 0. The van der Waals surface area contributed by atoms with Crippen LogP contribution < -0.4 is 14.8 Å². The minimum absolute atomic E-state index is 0.321. The molecule has 2 aromatic rings. The Morgan fingerprint density at radius 2 is 1.93 bits per heavy atom. The van der Waals surface area contributed by atoms with E-state index in [-0.39, 0.29) is 0 Å². The normalized spacial score (nSPS) is 15.3. The van der Waals surface area contributed by atoms with Gasteiger partial charge in [0, 0.05) is 23.5 Å². The van der Waals surface area contributed by atoms with E-state index in [1.807, 2.05) is 19.1 Å². The minimum Gasteiger partial charge on any atom is -0.490 e. The number of nitrogens with one attached hydrogen (secondary N) is 1. The molecule has 1 aromatic carbocycles. The second-order valence-corrected chi connectivity index (χ2v) is 7.15. The molecule has 3 rings (SSSR count). The number of ether oxygens (including phenoxy) is 2. The number of benzene rings is 1. The van der Waals surface area contributed by atoms with Crippen molar-refractivity contribution in [1.82, 2.24) is 10.3 Å². The van der Waals surface area contributed by atoms with E-state index in [1.54, 1.807) is 30.6 Å². The molecule has 1 aromatic heterocycles. The highest BCUT2D eigenvalue weighted by Gasteiger charge is 2.41. The molecule has 0 radical (unpaired) electrons. The highest BCUT2D eigenvalue weighted by Crippen LogP contribution is 2.31. The average molecular weight is 398 g/mol. The van der Waals surface area contributed by atoms with Gasteiger partial charge >= 0.3 is 5.97 Å². The summed E-state index contributed by atoms with van der Waals surface area (Å²) in [6.45, 7) is 2.58. The van der Waals surface area contributed by atoms with Crippen molar-refractivity contribution < 1.29 is 24.2 Å². The number of hydrogen-bond donors (Lipinski definition) is 2. The smallest absolute Gasteiger partial charge is 0.329 e. The number of carbonyl (C=O) groups is 2. The van der Waals surface area contributed by atoms with Crippen molar-refractivity contribution in [3.05, 3.63) is 53.9 Å². The van der Waals surface area contributed by atoms with E-state index in [2.05, 4.69) is 10.3 Å². The van der Waals surface area contributed by atoms with Crippen LogP contribution >= 0.6 is 0 Å². The lowest BCUT2D eigenvalue weighted by Crippen LogP contribution is -2.55. The number of pyridine rings is 1. The third kappa shape index (κ3) is 5.04. The summed E-state index contributed by atoms with van der Waals surface area (Å²) in [5.41, 5.74) is 0.0576. The Balaban J connectivity index is 1.76. The lowest BCUT2D eigenvalue weighted by atomic mass is 9.81. The van der Waals surface area contributed by atoms with Crippen LogP contribution in [-0.2, 0) is 11.4 Å². The maximum Gasteiger partial charge on any atom is 0.329 e. The van der Waals surface area contributed by atoms with Gasteiger partial charge < -0.3 is 19.9 Å². The van der Waals surface area contributed by atoms with Gasteiger partial charge in [-0.15, -0.1) is 0 Å². The van der Waals surface area contributed by atoms with Crippen molar-refractivity contribution in [3.63, 3.8) is 0 Å². The van der Waals surface area contributed by atoms with E-state index < -0.39 is 17.4 Å². The molecular formula is C22H26N2O5. The zero-order valence-electron chi connectivity index (χ0n) is 16.5. The summed E-state index contributed by atoms with van der Waals surface area (Å²) < 4.78 is 11.5. The van der Waals surface area contributed by atoms with E-state index in [9.17, 15) is 14.7 Å².